The third kappa shape index (κ3) is 3.05. The molecule has 0 spiro atoms. The summed E-state index contributed by atoms with van der Waals surface area (Å²) in [5.74, 6) is 0.875. The zero-order valence-electron chi connectivity index (χ0n) is 9.25. The van der Waals surface area contributed by atoms with Gasteiger partial charge in [-0.05, 0) is 56.9 Å². The second-order valence-corrected chi connectivity index (χ2v) is 5.40. The summed E-state index contributed by atoms with van der Waals surface area (Å²) in [6.07, 6.45) is 3.92. The highest BCUT2D eigenvalue weighted by Gasteiger charge is 2.17. The molecule has 1 aliphatic rings. The fraction of sp³-hybridized carbons (Fsp3) is 0.538. The van der Waals surface area contributed by atoms with Crippen LogP contribution in [0.25, 0.3) is 0 Å². The predicted molar refractivity (Wildman–Crippen MR) is 68.1 cm³/mol. The Morgan fingerprint density at radius 2 is 1.93 bits per heavy atom. The standard InChI is InChI=1S/C13H18BrN/c1-15-8-6-11(7-9-15)10-12-4-2-3-5-13(12)14/h2-5,11H,6-10H2,1H3. The van der Waals surface area contributed by atoms with E-state index < -0.39 is 0 Å². The maximum Gasteiger partial charge on any atom is 0.0207 e. The zero-order chi connectivity index (χ0) is 10.7. The minimum Gasteiger partial charge on any atom is -0.306 e. The van der Waals surface area contributed by atoms with Crippen LogP contribution in [0.4, 0.5) is 0 Å². The first-order valence-corrected chi connectivity index (χ1v) is 6.47. The number of hydrogen-bond acceptors (Lipinski definition) is 1. The van der Waals surface area contributed by atoms with Crippen molar-refractivity contribution in [2.45, 2.75) is 19.3 Å². The van der Waals surface area contributed by atoms with Gasteiger partial charge >= 0.3 is 0 Å². The van der Waals surface area contributed by atoms with Gasteiger partial charge < -0.3 is 4.90 Å². The van der Waals surface area contributed by atoms with E-state index in [0.717, 1.165) is 5.92 Å². The molecule has 1 aliphatic heterocycles. The van der Waals surface area contributed by atoms with Crippen LogP contribution < -0.4 is 0 Å². The minimum absolute atomic E-state index is 0.875. The molecule has 82 valence electrons. The van der Waals surface area contributed by atoms with Crippen LogP contribution in [0.2, 0.25) is 0 Å². The van der Waals surface area contributed by atoms with Crippen molar-refractivity contribution in [2.24, 2.45) is 5.92 Å². The Hall–Kier alpha value is -0.340. The molecule has 0 unspecified atom stereocenters. The summed E-state index contributed by atoms with van der Waals surface area (Å²) < 4.78 is 1.27. The summed E-state index contributed by atoms with van der Waals surface area (Å²) in [6.45, 7) is 2.52. The first kappa shape index (κ1) is 11.2. The Morgan fingerprint density at radius 1 is 1.27 bits per heavy atom. The highest BCUT2D eigenvalue weighted by Crippen LogP contribution is 2.25. The van der Waals surface area contributed by atoms with Crippen LogP contribution >= 0.6 is 15.9 Å². The molecule has 1 aromatic rings. The maximum absolute atomic E-state index is 3.62. The van der Waals surface area contributed by atoms with E-state index in [1.807, 2.05) is 0 Å². The fourth-order valence-corrected chi connectivity index (χ4v) is 2.69. The molecule has 2 rings (SSSR count). The molecule has 1 saturated heterocycles. The summed E-state index contributed by atoms with van der Waals surface area (Å²) in [5, 5.41) is 0. The normalized spacial score (nSPS) is 19.3. The number of nitrogens with zero attached hydrogens (tertiary/aromatic N) is 1. The minimum atomic E-state index is 0.875. The molecule has 0 aliphatic carbocycles. The van der Waals surface area contributed by atoms with E-state index in [1.165, 1.54) is 42.4 Å². The van der Waals surface area contributed by atoms with Crippen molar-refractivity contribution in [3.63, 3.8) is 0 Å². The average molecular weight is 268 g/mol. The molecule has 2 heteroatoms. The number of piperidine rings is 1. The molecule has 1 heterocycles. The molecule has 0 bridgehead atoms. The highest BCUT2D eigenvalue weighted by atomic mass is 79.9. The van der Waals surface area contributed by atoms with Gasteiger partial charge in [0, 0.05) is 4.47 Å². The lowest BCUT2D eigenvalue weighted by Gasteiger charge is -2.29. The molecule has 0 radical (unpaired) electrons. The van der Waals surface area contributed by atoms with Crippen molar-refractivity contribution in [1.29, 1.82) is 0 Å². The smallest absolute Gasteiger partial charge is 0.0207 e. The molecular weight excluding hydrogens is 250 g/mol. The van der Waals surface area contributed by atoms with Crippen molar-refractivity contribution in [1.82, 2.24) is 4.90 Å². The van der Waals surface area contributed by atoms with Crippen LogP contribution in [0.15, 0.2) is 28.7 Å². The van der Waals surface area contributed by atoms with Gasteiger partial charge in [0.25, 0.3) is 0 Å². The Bertz CT molecular complexity index is 316. The lowest BCUT2D eigenvalue weighted by Crippen LogP contribution is -2.30. The summed E-state index contributed by atoms with van der Waals surface area (Å²) in [5.41, 5.74) is 1.46. The van der Waals surface area contributed by atoms with Crippen LogP contribution in [0, 0.1) is 5.92 Å². The molecule has 15 heavy (non-hydrogen) atoms. The first-order chi connectivity index (χ1) is 7.25. The van der Waals surface area contributed by atoms with Gasteiger partial charge in [0.15, 0.2) is 0 Å². The van der Waals surface area contributed by atoms with Gasteiger partial charge in [-0.15, -0.1) is 0 Å². The van der Waals surface area contributed by atoms with E-state index in [0.29, 0.717) is 0 Å². The molecule has 0 atom stereocenters. The molecule has 1 fully saturated rings. The first-order valence-electron chi connectivity index (χ1n) is 5.67. The van der Waals surface area contributed by atoms with Gasteiger partial charge in [-0.3, -0.25) is 0 Å². The lowest BCUT2D eigenvalue weighted by atomic mass is 9.90. The summed E-state index contributed by atoms with van der Waals surface area (Å²) in [4.78, 5) is 2.43. The van der Waals surface area contributed by atoms with E-state index >= 15 is 0 Å². The number of rotatable bonds is 2. The fourth-order valence-electron chi connectivity index (χ4n) is 2.24. The third-order valence-corrected chi connectivity index (χ3v) is 4.08. The van der Waals surface area contributed by atoms with E-state index in [1.54, 1.807) is 0 Å². The van der Waals surface area contributed by atoms with Gasteiger partial charge in [-0.2, -0.15) is 0 Å². The molecule has 1 aromatic carbocycles. The molecule has 0 amide bonds. The molecular formula is C13H18BrN. The Kier molecular flexibility index (Phi) is 3.81. The second-order valence-electron chi connectivity index (χ2n) is 4.54. The van der Waals surface area contributed by atoms with E-state index in [2.05, 4.69) is 52.1 Å². The molecule has 0 aromatic heterocycles. The van der Waals surface area contributed by atoms with Gasteiger partial charge in [0.2, 0.25) is 0 Å². The summed E-state index contributed by atoms with van der Waals surface area (Å²) >= 11 is 3.62. The molecule has 1 nitrogen and oxygen atoms in total. The predicted octanol–water partition coefficient (Wildman–Crippen LogP) is 3.33. The Balaban J connectivity index is 1.95. The highest BCUT2D eigenvalue weighted by molar-refractivity contribution is 9.10. The van der Waals surface area contributed by atoms with Crippen molar-refractivity contribution in [2.75, 3.05) is 20.1 Å². The SMILES string of the molecule is CN1CCC(Cc2ccccc2Br)CC1. The number of benzene rings is 1. The van der Waals surface area contributed by atoms with Crippen molar-refractivity contribution < 1.29 is 0 Å². The van der Waals surface area contributed by atoms with Crippen LogP contribution in [-0.4, -0.2) is 25.0 Å². The van der Waals surface area contributed by atoms with Gasteiger partial charge in [-0.1, -0.05) is 34.1 Å². The van der Waals surface area contributed by atoms with Crippen LogP contribution in [-0.2, 0) is 6.42 Å². The summed E-state index contributed by atoms with van der Waals surface area (Å²) in [6, 6.07) is 8.60. The number of likely N-dealkylation sites (tertiary alicyclic amines) is 1. The quantitative estimate of drug-likeness (QED) is 0.795. The third-order valence-electron chi connectivity index (χ3n) is 3.30. The van der Waals surface area contributed by atoms with Crippen molar-refractivity contribution >= 4 is 15.9 Å². The Labute approximate surface area is 101 Å². The number of hydrogen-bond donors (Lipinski definition) is 0. The molecule has 0 N–H and O–H groups in total. The van der Waals surface area contributed by atoms with Crippen molar-refractivity contribution in [3.05, 3.63) is 34.3 Å². The lowest BCUT2D eigenvalue weighted by molar-refractivity contribution is 0.219. The van der Waals surface area contributed by atoms with Gasteiger partial charge in [-0.25, -0.2) is 0 Å². The van der Waals surface area contributed by atoms with Crippen molar-refractivity contribution in [3.8, 4) is 0 Å². The zero-order valence-corrected chi connectivity index (χ0v) is 10.8. The number of halogens is 1. The average Bonchev–Trinajstić information content (AvgIpc) is 2.25. The van der Waals surface area contributed by atoms with E-state index in [4.69, 9.17) is 0 Å². The van der Waals surface area contributed by atoms with Crippen LogP contribution in [0.5, 0.6) is 0 Å². The maximum atomic E-state index is 3.62. The van der Waals surface area contributed by atoms with Gasteiger partial charge in [0.1, 0.15) is 0 Å². The van der Waals surface area contributed by atoms with Crippen LogP contribution in [0.3, 0.4) is 0 Å². The topological polar surface area (TPSA) is 3.24 Å². The van der Waals surface area contributed by atoms with Gasteiger partial charge in [0.05, 0.1) is 0 Å². The Morgan fingerprint density at radius 3 is 2.60 bits per heavy atom. The summed E-state index contributed by atoms with van der Waals surface area (Å²) in [7, 11) is 2.22. The van der Waals surface area contributed by atoms with E-state index in [9.17, 15) is 0 Å². The van der Waals surface area contributed by atoms with Crippen LogP contribution in [0.1, 0.15) is 18.4 Å². The van der Waals surface area contributed by atoms with E-state index in [-0.39, 0.29) is 0 Å². The monoisotopic (exact) mass is 267 g/mol. The largest absolute Gasteiger partial charge is 0.306 e. The second kappa shape index (κ2) is 5.13. The molecule has 0 saturated carbocycles.